The summed E-state index contributed by atoms with van der Waals surface area (Å²) >= 11 is 0. The summed E-state index contributed by atoms with van der Waals surface area (Å²) in [6.45, 7) is 2.20. The third kappa shape index (κ3) is 3.83. The second kappa shape index (κ2) is 7.53. The van der Waals surface area contributed by atoms with E-state index < -0.39 is 0 Å². The van der Waals surface area contributed by atoms with Crippen molar-refractivity contribution in [1.29, 1.82) is 0 Å². The highest BCUT2D eigenvalue weighted by molar-refractivity contribution is 5.92. The third-order valence-electron chi connectivity index (χ3n) is 4.76. The number of nitrogens with zero attached hydrogens (tertiary/aromatic N) is 5. The molecule has 1 saturated heterocycles. The van der Waals surface area contributed by atoms with Crippen molar-refractivity contribution in [2.45, 2.75) is 25.4 Å². The number of carbonyl (C=O) groups excluding carboxylic acids is 1. The van der Waals surface area contributed by atoms with Gasteiger partial charge < -0.3 is 9.88 Å². The second-order valence-electron chi connectivity index (χ2n) is 6.56. The zero-order chi connectivity index (χ0) is 17.8. The molecule has 3 aromatic rings. The normalized spacial score (nSPS) is 17.5. The summed E-state index contributed by atoms with van der Waals surface area (Å²) in [5.41, 5.74) is 1.82. The van der Waals surface area contributed by atoms with Gasteiger partial charge in [0.05, 0.1) is 19.4 Å². The summed E-state index contributed by atoms with van der Waals surface area (Å²) < 4.78 is 3.87. The Balaban J connectivity index is 1.33. The molecule has 0 spiro atoms. The van der Waals surface area contributed by atoms with Gasteiger partial charge in [-0.15, -0.1) is 0 Å². The van der Waals surface area contributed by atoms with Crippen molar-refractivity contribution < 1.29 is 4.79 Å². The Bertz CT molecular complexity index is 826. The zero-order valence-corrected chi connectivity index (χ0v) is 14.5. The highest BCUT2D eigenvalue weighted by Crippen LogP contribution is 2.19. The Morgan fingerprint density at radius 1 is 1.19 bits per heavy atom. The van der Waals surface area contributed by atoms with E-state index in [0.29, 0.717) is 12.6 Å². The molecule has 3 heterocycles. The lowest BCUT2D eigenvalue weighted by molar-refractivity contribution is -0.117. The summed E-state index contributed by atoms with van der Waals surface area (Å²) in [4.78, 5) is 18.7. The molecule has 26 heavy (non-hydrogen) atoms. The van der Waals surface area contributed by atoms with Crippen LogP contribution in [0.2, 0.25) is 0 Å². The lowest BCUT2D eigenvalue weighted by atomic mass is 10.2. The predicted octanol–water partition coefficient (Wildman–Crippen LogP) is 2.17. The first-order valence-corrected chi connectivity index (χ1v) is 8.88. The number of rotatable bonds is 6. The lowest BCUT2D eigenvalue weighted by Crippen LogP contribution is -2.39. The van der Waals surface area contributed by atoms with Crippen LogP contribution in [0.3, 0.4) is 0 Å². The molecule has 7 heteroatoms. The Kier molecular flexibility index (Phi) is 4.79. The van der Waals surface area contributed by atoms with Gasteiger partial charge in [0.25, 0.3) is 0 Å². The average Bonchev–Trinajstić information content (AvgIpc) is 3.40. The molecule has 4 rings (SSSR count). The smallest absolute Gasteiger partial charge is 0.238 e. The van der Waals surface area contributed by atoms with Crippen molar-refractivity contribution in [3.8, 4) is 5.69 Å². The highest BCUT2D eigenvalue weighted by Gasteiger charge is 2.26. The molecule has 1 unspecified atom stereocenters. The molecule has 0 saturated carbocycles. The van der Waals surface area contributed by atoms with Gasteiger partial charge in [-0.25, -0.2) is 4.98 Å². The van der Waals surface area contributed by atoms with Gasteiger partial charge in [-0.1, -0.05) is 0 Å². The number of anilines is 1. The second-order valence-corrected chi connectivity index (χ2v) is 6.56. The van der Waals surface area contributed by atoms with Crippen LogP contribution in [0.15, 0.2) is 61.4 Å². The fourth-order valence-corrected chi connectivity index (χ4v) is 3.45. The number of aromatic nitrogens is 4. The van der Waals surface area contributed by atoms with E-state index in [-0.39, 0.29) is 5.91 Å². The molecule has 1 aromatic carbocycles. The molecule has 2 aromatic heterocycles. The van der Waals surface area contributed by atoms with Crippen molar-refractivity contribution in [1.82, 2.24) is 24.2 Å². The Morgan fingerprint density at radius 3 is 2.81 bits per heavy atom. The maximum atomic E-state index is 12.4. The van der Waals surface area contributed by atoms with Crippen LogP contribution in [-0.2, 0) is 11.3 Å². The maximum absolute atomic E-state index is 12.4. The van der Waals surface area contributed by atoms with Crippen LogP contribution in [-0.4, -0.2) is 49.3 Å². The molecule has 0 aliphatic carbocycles. The van der Waals surface area contributed by atoms with E-state index >= 15 is 0 Å². The minimum absolute atomic E-state index is 0.0211. The molecular formula is C19H22N6O. The first-order chi connectivity index (χ1) is 12.8. The third-order valence-corrected chi connectivity index (χ3v) is 4.76. The molecule has 1 N–H and O–H groups in total. The molecular weight excluding hydrogens is 328 g/mol. The minimum Gasteiger partial charge on any atom is -0.325 e. The molecule has 7 nitrogen and oxygen atoms in total. The number of imidazole rings is 1. The topological polar surface area (TPSA) is 68.0 Å². The quantitative estimate of drug-likeness (QED) is 0.740. The van der Waals surface area contributed by atoms with Gasteiger partial charge in [0.15, 0.2) is 0 Å². The van der Waals surface area contributed by atoms with E-state index in [1.165, 1.54) is 0 Å². The van der Waals surface area contributed by atoms with Crippen LogP contribution in [0, 0.1) is 0 Å². The van der Waals surface area contributed by atoms with Crippen molar-refractivity contribution in [3.05, 3.63) is 61.4 Å². The van der Waals surface area contributed by atoms with Crippen LogP contribution >= 0.6 is 0 Å². The van der Waals surface area contributed by atoms with Crippen molar-refractivity contribution >= 4 is 11.6 Å². The monoisotopic (exact) mass is 350 g/mol. The highest BCUT2D eigenvalue weighted by atomic mass is 16.2. The largest absolute Gasteiger partial charge is 0.325 e. The van der Waals surface area contributed by atoms with Crippen LogP contribution < -0.4 is 5.32 Å². The van der Waals surface area contributed by atoms with Crippen molar-refractivity contribution in [3.63, 3.8) is 0 Å². The van der Waals surface area contributed by atoms with Crippen LogP contribution in [0.1, 0.15) is 12.8 Å². The first kappa shape index (κ1) is 16.5. The van der Waals surface area contributed by atoms with E-state index in [2.05, 4.69) is 20.3 Å². The summed E-state index contributed by atoms with van der Waals surface area (Å²) in [6, 6.07) is 10.1. The number of nitrogens with one attached hydrogen (secondary N) is 1. The number of likely N-dealkylation sites (tertiary alicyclic amines) is 1. The number of carbonyl (C=O) groups is 1. The van der Waals surface area contributed by atoms with Gasteiger partial charge >= 0.3 is 0 Å². The average molecular weight is 350 g/mol. The van der Waals surface area contributed by atoms with Crippen LogP contribution in [0.25, 0.3) is 5.69 Å². The van der Waals surface area contributed by atoms with Gasteiger partial charge in [-0.2, -0.15) is 5.10 Å². The first-order valence-electron chi connectivity index (χ1n) is 8.88. The van der Waals surface area contributed by atoms with Gasteiger partial charge in [-0.3, -0.25) is 14.4 Å². The predicted molar refractivity (Wildman–Crippen MR) is 99.0 cm³/mol. The van der Waals surface area contributed by atoms with E-state index in [4.69, 9.17) is 0 Å². The SMILES string of the molecule is O=C(CN1CCCC1Cn1cccn1)Nc1ccc(-n2ccnc2)cc1. The van der Waals surface area contributed by atoms with E-state index in [9.17, 15) is 4.79 Å². The fourth-order valence-electron chi connectivity index (χ4n) is 3.45. The Morgan fingerprint density at radius 2 is 2.08 bits per heavy atom. The Labute approximate surface area is 152 Å². The number of amides is 1. The summed E-state index contributed by atoms with van der Waals surface area (Å²) in [7, 11) is 0. The molecule has 1 aliphatic heterocycles. The summed E-state index contributed by atoms with van der Waals surface area (Å²) in [5, 5.41) is 7.27. The minimum atomic E-state index is 0.0211. The molecule has 1 fully saturated rings. The maximum Gasteiger partial charge on any atom is 0.238 e. The van der Waals surface area contributed by atoms with Gasteiger partial charge in [0, 0.05) is 42.2 Å². The van der Waals surface area contributed by atoms with Crippen molar-refractivity contribution in [2.24, 2.45) is 0 Å². The van der Waals surface area contributed by atoms with E-state index in [0.717, 1.165) is 37.3 Å². The van der Waals surface area contributed by atoms with Crippen molar-refractivity contribution in [2.75, 3.05) is 18.4 Å². The van der Waals surface area contributed by atoms with Gasteiger partial charge in [0.1, 0.15) is 0 Å². The molecule has 0 radical (unpaired) electrons. The van der Waals surface area contributed by atoms with E-state index in [1.54, 1.807) is 18.7 Å². The molecule has 1 atom stereocenters. The van der Waals surface area contributed by atoms with Gasteiger partial charge in [-0.05, 0) is 49.7 Å². The fraction of sp³-hybridized carbons (Fsp3) is 0.316. The summed E-state index contributed by atoms with van der Waals surface area (Å²) in [6.07, 6.45) is 11.4. The summed E-state index contributed by atoms with van der Waals surface area (Å²) in [5.74, 6) is 0.0211. The zero-order valence-electron chi connectivity index (χ0n) is 14.5. The molecule has 1 amide bonds. The van der Waals surface area contributed by atoms with Crippen LogP contribution in [0.4, 0.5) is 5.69 Å². The van der Waals surface area contributed by atoms with Gasteiger partial charge in [0.2, 0.25) is 5.91 Å². The Hall–Kier alpha value is -2.93. The van der Waals surface area contributed by atoms with Crippen LogP contribution in [0.5, 0.6) is 0 Å². The molecule has 134 valence electrons. The number of hydrogen-bond acceptors (Lipinski definition) is 4. The standard InChI is InChI=1S/C19H22N6O/c26-19(14-23-10-1-3-18(23)13-25-11-2-8-21-25)22-16-4-6-17(7-5-16)24-12-9-20-15-24/h2,4-9,11-12,15,18H,1,3,10,13-14H2,(H,22,26). The van der Waals surface area contributed by atoms with E-state index in [1.807, 2.05) is 52.0 Å². The molecule has 0 bridgehead atoms. The number of hydrogen-bond donors (Lipinski definition) is 1. The lowest BCUT2D eigenvalue weighted by Gasteiger charge is -2.23. The molecule has 1 aliphatic rings. The number of benzene rings is 1.